The molecule has 0 unspecified atom stereocenters. The number of hydrogen-bond donors (Lipinski definition) is 1. The van der Waals surface area contributed by atoms with E-state index < -0.39 is 18.1 Å². The van der Waals surface area contributed by atoms with Crippen LogP contribution in [0.4, 0.5) is 9.59 Å². The van der Waals surface area contributed by atoms with Gasteiger partial charge in [-0.3, -0.25) is 4.79 Å². The first-order valence-corrected chi connectivity index (χ1v) is 9.06. The van der Waals surface area contributed by atoms with E-state index in [9.17, 15) is 14.4 Å². The van der Waals surface area contributed by atoms with E-state index >= 15 is 0 Å². The fraction of sp³-hybridized carbons (Fsp3) is 0.211. The number of carbonyl (C=O) groups is 3. The van der Waals surface area contributed by atoms with E-state index in [0.717, 1.165) is 0 Å². The average molecular weight is 425 g/mol. The van der Waals surface area contributed by atoms with Crippen molar-refractivity contribution in [1.29, 1.82) is 0 Å². The summed E-state index contributed by atoms with van der Waals surface area (Å²) < 4.78 is 10.1. The van der Waals surface area contributed by atoms with Gasteiger partial charge in [0.15, 0.2) is 0 Å². The highest BCUT2D eigenvalue weighted by atomic mass is 35.5. The van der Waals surface area contributed by atoms with Crippen molar-refractivity contribution >= 4 is 41.3 Å². The number of halogens is 2. The zero-order valence-corrected chi connectivity index (χ0v) is 16.5. The van der Waals surface area contributed by atoms with E-state index in [2.05, 4.69) is 5.43 Å². The maximum Gasteiger partial charge on any atom is 0.436 e. The Morgan fingerprint density at radius 3 is 1.79 bits per heavy atom. The largest absolute Gasteiger partial charge is 0.443 e. The molecule has 3 amide bonds. The maximum absolute atomic E-state index is 12.2. The number of hydrazine groups is 1. The summed E-state index contributed by atoms with van der Waals surface area (Å²) in [4.78, 5) is 36.1. The van der Waals surface area contributed by atoms with Crippen LogP contribution in [0.15, 0.2) is 48.5 Å². The third-order valence-corrected chi connectivity index (χ3v) is 4.00. The molecule has 0 fully saturated rings. The Bertz CT molecular complexity index is 825. The Morgan fingerprint density at radius 2 is 1.32 bits per heavy atom. The summed E-state index contributed by atoms with van der Waals surface area (Å²) in [6.07, 6.45) is -2.02. The van der Waals surface area contributed by atoms with Crippen LogP contribution in [0.25, 0.3) is 0 Å². The highest BCUT2D eigenvalue weighted by Crippen LogP contribution is 2.12. The fourth-order valence-corrected chi connectivity index (χ4v) is 2.26. The van der Waals surface area contributed by atoms with Crippen LogP contribution < -0.4 is 5.43 Å². The number of amides is 3. The molecule has 0 aliphatic carbocycles. The molecular weight excluding hydrogens is 407 g/mol. The molecule has 2 rings (SSSR count). The quantitative estimate of drug-likeness (QED) is 0.702. The number of hydrogen-bond acceptors (Lipinski definition) is 5. The lowest BCUT2D eigenvalue weighted by molar-refractivity contribution is -0.131. The van der Waals surface area contributed by atoms with Crippen molar-refractivity contribution in [3.63, 3.8) is 0 Å². The number of rotatable bonds is 5. The van der Waals surface area contributed by atoms with E-state index in [-0.39, 0.29) is 19.6 Å². The summed E-state index contributed by atoms with van der Waals surface area (Å²) in [7, 11) is 0. The first-order valence-electron chi connectivity index (χ1n) is 8.31. The molecule has 7 nitrogen and oxygen atoms in total. The summed E-state index contributed by atoms with van der Waals surface area (Å²) >= 11 is 11.6. The first kappa shape index (κ1) is 21.5. The lowest BCUT2D eigenvalue weighted by Gasteiger charge is -2.20. The van der Waals surface area contributed by atoms with E-state index in [4.69, 9.17) is 32.7 Å². The Balaban J connectivity index is 1.91. The number of nitrogens with zero attached hydrogens (tertiary/aromatic N) is 1. The number of benzene rings is 2. The molecule has 0 aliphatic heterocycles. The maximum atomic E-state index is 12.2. The monoisotopic (exact) mass is 424 g/mol. The third-order valence-electron chi connectivity index (χ3n) is 3.50. The second-order valence-corrected chi connectivity index (χ2v) is 6.45. The molecule has 148 valence electrons. The van der Waals surface area contributed by atoms with Crippen LogP contribution in [0.1, 0.15) is 24.5 Å². The van der Waals surface area contributed by atoms with Crippen LogP contribution in [0.2, 0.25) is 10.0 Å². The molecule has 0 radical (unpaired) electrons. The molecule has 2 aromatic rings. The molecule has 2 aromatic carbocycles. The highest BCUT2D eigenvalue weighted by molar-refractivity contribution is 6.30. The summed E-state index contributed by atoms with van der Waals surface area (Å²) in [6, 6.07) is 13.3. The van der Waals surface area contributed by atoms with Crippen molar-refractivity contribution in [2.45, 2.75) is 26.6 Å². The van der Waals surface area contributed by atoms with Gasteiger partial charge in [0.2, 0.25) is 0 Å². The number of imide groups is 1. The van der Waals surface area contributed by atoms with Crippen LogP contribution in [-0.2, 0) is 27.5 Å². The topological polar surface area (TPSA) is 84.9 Å². The molecule has 9 heteroatoms. The summed E-state index contributed by atoms with van der Waals surface area (Å²) in [5.41, 5.74) is 3.46. The summed E-state index contributed by atoms with van der Waals surface area (Å²) in [5.74, 6) is -0.649. The van der Waals surface area contributed by atoms with E-state index in [1.807, 2.05) is 0 Å². The van der Waals surface area contributed by atoms with Crippen LogP contribution in [0, 0.1) is 0 Å². The zero-order valence-electron chi connectivity index (χ0n) is 15.0. The van der Waals surface area contributed by atoms with Gasteiger partial charge in [-0.25, -0.2) is 15.0 Å². The van der Waals surface area contributed by atoms with E-state index in [1.54, 1.807) is 55.5 Å². The molecule has 1 N–H and O–H groups in total. The molecule has 0 atom stereocenters. The van der Waals surface area contributed by atoms with Crippen LogP contribution >= 0.6 is 23.2 Å². The smallest absolute Gasteiger partial charge is 0.436 e. The predicted molar refractivity (Wildman–Crippen MR) is 104 cm³/mol. The van der Waals surface area contributed by atoms with Gasteiger partial charge >= 0.3 is 12.2 Å². The van der Waals surface area contributed by atoms with Crippen LogP contribution in [0.5, 0.6) is 0 Å². The van der Waals surface area contributed by atoms with Crippen molar-refractivity contribution in [3.8, 4) is 0 Å². The second kappa shape index (κ2) is 10.5. The molecular formula is C19H18Cl2N2O5. The Labute approximate surface area is 172 Å². The van der Waals surface area contributed by atoms with Gasteiger partial charge in [0, 0.05) is 16.5 Å². The van der Waals surface area contributed by atoms with Crippen molar-refractivity contribution in [2.75, 3.05) is 0 Å². The van der Waals surface area contributed by atoms with Gasteiger partial charge in [0.05, 0.1) is 0 Å². The van der Waals surface area contributed by atoms with Gasteiger partial charge in [0.1, 0.15) is 13.2 Å². The fourth-order valence-electron chi connectivity index (χ4n) is 2.01. The van der Waals surface area contributed by atoms with Crippen molar-refractivity contribution in [2.24, 2.45) is 0 Å². The number of ether oxygens (including phenoxy) is 2. The minimum absolute atomic E-state index is 0.0203. The Morgan fingerprint density at radius 1 is 0.857 bits per heavy atom. The Hall–Kier alpha value is -2.77. The molecule has 28 heavy (non-hydrogen) atoms. The van der Waals surface area contributed by atoms with Crippen molar-refractivity contribution in [3.05, 3.63) is 69.7 Å². The van der Waals surface area contributed by atoms with Gasteiger partial charge in [0.25, 0.3) is 5.91 Å². The number of nitrogens with one attached hydrogen (secondary N) is 1. The van der Waals surface area contributed by atoms with E-state index in [0.29, 0.717) is 26.2 Å². The molecule has 0 heterocycles. The molecule has 0 spiro atoms. The van der Waals surface area contributed by atoms with Gasteiger partial charge in [-0.15, -0.1) is 5.01 Å². The normalized spacial score (nSPS) is 10.1. The van der Waals surface area contributed by atoms with E-state index in [1.165, 1.54) is 0 Å². The lowest BCUT2D eigenvalue weighted by Crippen LogP contribution is -2.49. The minimum atomic E-state index is -1.02. The summed E-state index contributed by atoms with van der Waals surface area (Å²) in [5, 5.41) is 1.58. The number of carbonyl (C=O) groups excluding carboxylic acids is 3. The molecule has 0 saturated carbocycles. The lowest BCUT2D eigenvalue weighted by atomic mass is 10.2. The van der Waals surface area contributed by atoms with Gasteiger partial charge in [-0.1, -0.05) is 54.4 Å². The zero-order chi connectivity index (χ0) is 20.5. The molecule has 0 aliphatic rings. The SMILES string of the molecule is CCC(=O)N(NC(=O)OCc1ccc(Cl)cc1)C(=O)OCc1ccc(Cl)cc1. The standard InChI is InChI=1S/C19H18Cl2N2O5/c1-2-17(24)23(19(26)28-12-14-5-9-16(21)10-6-14)22-18(25)27-11-13-3-7-15(20)8-4-13/h3-10H,2,11-12H2,1H3,(H,22,25). The highest BCUT2D eigenvalue weighted by Gasteiger charge is 2.24. The van der Waals surface area contributed by atoms with Crippen molar-refractivity contribution < 1.29 is 23.9 Å². The second-order valence-electron chi connectivity index (χ2n) is 5.58. The van der Waals surface area contributed by atoms with Gasteiger partial charge in [-0.05, 0) is 35.4 Å². The predicted octanol–water partition coefficient (Wildman–Crippen LogP) is 4.71. The molecule has 0 aromatic heterocycles. The third kappa shape index (κ3) is 6.75. The average Bonchev–Trinajstić information content (AvgIpc) is 2.70. The van der Waals surface area contributed by atoms with Gasteiger partial charge in [-0.2, -0.15) is 0 Å². The van der Waals surface area contributed by atoms with Gasteiger partial charge < -0.3 is 9.47 Å². The molecule has 0 saturated heterocycles. The Kier molecular flexibility index (Phi) is 8.10. The van der Waals surface area contributed by atoms with Crippen LogP contribution in [-0.4, -0.2) is 23.1 Å². The molecule has 0 bridgehead atoms. The summed E-state index contributed by atoms with van der Waals surface area (Å²) in [6.45, 7) is 1.39. The van der Waals surface area contributed by atoms with Crippen LogP contribution in [0.3, 0.4) is 0 Å². The first-order chi connectivity index (χ1) is 13.4. The van der Waals surface area contributed by atoms with Crippen molar-refractivity contribution in [1.82, 2.24) is 10.4 Å². The minimum Gasteiger partial charge on any atom is -0.443 e.